The molecule has 1 heterocycles. The molecule has 0 radical (unpaired) electrons. The fourth-order valence-corrected chi connectivity index (χ4v) is 2.00. The van der Waals surface area contributed by atoms with E-state index < -0.39 is 0 Å². The van der Waals surface area contributed by atoms with Crippen LogP contribution in [0.3, 0.4) is 0 Å². The number of aromatic nitrogens is 2. The van der Waals surface area contributed by atoms with Crippen molar-refractivity contribution in [2.75, 3.05) is 0 Å². The van der Waals surface area contributed by atoms with Crippen LogP contribution in [0.25, 0.3) is 0 Å². The molecule has 1 aliphatic rings. The number of rotatable bonds is 1. The first-order valence-electron chi connectivity index (χ1n) is 5.03. The maximum absolute atomic E-state index is 5.85. The van der Waals surface area contributed by atoms with Crippen molar-refractivity contribution in [2.24, 2.45) is 5.73 Å². The van der Waals surface area contributed by atoms with Crippen LogP contribution in [0.1, 0.15) is 37.4 Å². The molecule has 0 aliphatic heterocycles. The highest BCUT2D eigenvalue weighted by Crippen LogP contribution is 2.26. The summed E-state index contributed by atoms with van der Waals surface area (Å²) in [5.74, 6) is 0. The van der Waals surface area contributed by atoms with Crippen LogP contribution in [-0.4, -0.2) is 15.8 Å². The Morgan fingerprint density at radius 2 is 2.08 bits per heavy atom. The highest BCUT2D eigenvalue weighted by molar-refractivity contribution is 4.96. The van der Waals surface area contributed by atoms with Crippen molar-refractivity contribution < 1.29 is 0 Å². The Labute approximate surface area is 78.9 Å². The van der Waals surface area contributed by atoms with Gasteiger partial charge in [-0.15, -0.1) is 0 Å². The zero-order valence-electron chi connectivity index (χ0n) is 8.11. The first-order chi connectivity index (χ1) is 6.25. The molecule has 1 fully saturated rings. The fourth-order valence-electron chi connectivity index (χ4n) is 2.00. The lowest BCUT2D eigenvalue weighted by molar-refractivity contribution is 0.303. The van der Waals surface area contributed by atoms with Crippen LogP contribution in [0.15, 0.2) is 12.3 Å². The molecule has 0 atom stereocenters. The number of nitrogens with zero attached hydrogens (tertiary/aromatic N) is 2. The number of hydrogen-bond acceptors (Lipinski definition) is 2. The van der Waals surface area contributed by atoms with Gasteiger partial charge in [0.15, 0.2) is 0 Å². The molecular formula is C10H17N3. The van der Waals surface area contributed by atoms with Crippen molar-refractivity contribution in [3.63, 3.8) is 0 Å². The SMILES string of the molecule is Cc1ccn(C2CCC(N)CC2)n1. The van der Waals surface area contributed by atoms with Crippen LogP contribution in [-0.2, 0) is 0 Å². The van der Waals surface area contributed by atoms with Crippen LogP contribution < -0.4 is 5.73 Å². The van der Waals surface area contributed by atoms with E-state index in [1.165, 1.54) is 12.8 Å². The molecule has 3 nitrogen and oxygen atoms in total. The van der Waals surface area contributed by atoms with Gasteiger partial charge >= 0.3 is 0 Å². The zero-order valence-corrected chi connectivity index (χ0v) is 8.11. The van der Waals surface area contributed by atoms with Crippen molar-refractivity contribution in [1.82, 2.24) is 9.78 Å². The molecule has 3 heteroatoms. The highest BCUT2D eigenvalue weighted by atomic mass is 15.3. The zero-order chi connectivity index (χ0) is 9.26. The smallest absolute Gasteiger partial charge is 0.0593 e. The summed E-state index contributed by atoms with van der Waals surface area (Å²) in [6.07, 6.45) is 6.73. The van der Waals surface area contributed by atoms with Gasteiger partial charge in [-0.1, -0.05) is 0 Å². The van der Waals surface area contributed by atoms with E-state index in [-0.39, 0.29) is 0 Å². The van der Waals surface area contributed by atoms with E-state index in [4.69, 9.17) is 5.73 Å². The highest BCUT2D eigenvalue weighted by Gasteiger charge is 2.19. The van der Waals surface area contributed by atoms with Gasteiger partial charge in [0.05, 0.1) is 11.7 Å². The van der Waals surface area contributed by atoms with Gasteiger partial charge < -0.3 is 5.73 Å². The topological polar surface area (TPSA) is 43.8 Å². The summed E-state index contributed by atoms with van der Waals surface area (Å²) in [6, 6.07) is 3.08. The average Bonchev–Trinajstić information content (AvgIpc) is 2.53. The second-order valence-corrected chi connectivity index (χ2v) is 4.01. The van der Waals surface area contributed by atoms with E-state index in [9.17, 15) is 0 Å². The number of nitrogens with two attached hydrogens (primary N) is 1. The van der Waals surface area contributed by atoms with Crippen molar-refractivity contribution in [3.8, 4) is 0 Å². The largest absolute Gasteiger partial charge is 0.328 e. The Morgan fingerprint density at radius 3 is 2.62 bits per heavy atom. The average molecular weight is 179 g/mol. The van der Waals surface area contributed by atoms with Gasteiger partial charge in [-0.25, -0.2) is 0 Å². The fraction of sp³-hybridized carbons (Fsp3) is 0.700. The van der Waals surface area contributed by atoms with E-state index in [0.29, 0.717) is 12.1 Å². The van der Waals surface area contributed by atoms with Crippen LogP contribution in [0, 0.1) is 6.92 Å². The lowest BCUT2D eigenvalue weighted by Crippen LogP contribution is -2.28. The monoisotopic (exact) mass is 179 g/mol. The standard InChI is InChI=1S/C10H17N3/c1-8-6-7-13(12-8)10-4-2-9(11)3-5-10/h6-7,9-10H,2-5,11H2,1H3. The summed E-state index contributed by atoms with van der Waals surface area (Å²) in [7, 11) is 0. The molecule has 1 aromatic rings. The minimum Gasteiger partial charge on any atom is -0.328 e. The molecule has 1 aromatic heterocycles. The molecule has 0 saturated heterocycles. The molecule has 13 heavy (non-hydrogen) atoms. The minimum atomic E-state index is 0.424. The number of aryl methyl sites for hydroxylation is 1. The first kappa shape index (κ1) is 8.75. The van der Waals surface area contributed by atoms with Crippen LogP contribution >= 0.6 is 0 Å². The normalized spacial score (nSPS) is 29.1. The van der Waals surface area contributed by atoms with Crippen molar-refractivity contribution >= 4 is 0 Å². The van der Waals surface area contributed by atoms with Crippen LogP contribution in [0.2, 0.25) is 0 Å². The lowest BCUT2D eigenvalue weighted by atomic mass is 9.92. The van der Waals surface area contributed by atoms with E-state index in [1.807, 2.05) is 6.92 Å². The third-order valence-electron chi connectivity index (χ3n) is 2.86. The Morgan fingerprint density at radius 1 is 1.38 bits per heavy atom. The van der Waals surface area contributed by atoms with Gasteiger partial charge in [0.25, 0.3) is 0 Å². The first-order valence-corrected chi connectivity index (χ1v) is 5.03. The maximum atomic E-state index is 5.85. The summed E-state index contributed by atoms with van der Waals surface area (Å²) >= 11 is 0. The van der Waals surface area contributed by atoms with Crippen LogP contribution in [0.5, 0.6) is 0 Å². The number of hydrogen-bond donors (Lipinski definition) is 1. The summed E-state index contributed by atoms with van der Waals surface area (Å²) in [6.45, 7) is 2.03. The molecular weight excluding hydrogens is 162 g/mol. The van der Waals surface area contributed by atoms with E-state index in [2.05, 4.69) is 22.0 Å². The molecule has 0 bridgehead atoms. The summed E-state index contributed by atoms with van der Waals surface area (Å²) in [4.78, 5) is 0. The molecule has 1 aliphatic carbocycles. The molecule has 72 valence electrons. The molecule has 0 unspecified atom stereocenters. The van der Waals surface area contributed by atoms with E-state index >= 15 is 0 Å². The predicted molar refractivity (Wildman–Crippen MR) is 52.4 cm³/mol. The third kappa shape index (κ3) is 1.91. The Kier molecular flexibility index (Phi) is 2.36. The quantitative estimate of drug-likeness (QED) is 0.712. The van der Waals surface area contributed by atoms with Gasteiger partial charge in [-0.2, -0.15) is 5.10 Å². The Bertz CT molecular complexity index is 271. The van der Waals surface area contributed by atoms with Gasteiger partial charge in [0.2, 0.25) is 0 Å². The van der Waals surface area contributed by atoms with Crippen molar-refractivity contribution in [2.45, 2.75) is 44.7 Å². The minimum absolute atomic E-state index is 0.424. The molecule has 1 saturated carbocycles. The summed E-state index contributed by atoms with van der Waals surface area (Å²) in [5.41, 5.74) is 6.96. The Hall–Kier alpha value is -0.830. The Balaban J connectivity index is 2.02. The van der Waals surface area contributed by atoms with Crippen LogP contribution in [0.4, 0.5) is 0 Å². The van der Waals surface area contributed by atoms with Gasteiger partial charge in [-0.3, -0.25) is 4.68 Å². The molecule has 2 N–H and O–H groups in total. The maximum Gasteiger partial charge on any atom is 0.0593 e. The third-order valence-corrected chi connectivity index (χ3v) is 2.86. The molecule has 2 rings (SSSR count). The molecule has 0 aromatic carbocycles. The molecule has 0 amide bonds. The molecule has 0 spiro atoms. The van der Waals surface area contributed by atoms with Crippen molar-refractivity contribution in [3.05, 3.63) is 18.0 Å². The lowest BCUT2D eigenvalue weighted by Gasteiger charge is -2.26. The summed E-state index contributed by atoms with van der Waals surface area (Å²) in [5, 5.41) is 4.44. The van der Waals surface area contributed by atoms with Crippen molar-refractivity contribution in [1.29, 1.82) is 0 Å². The predicted octanol–water partition coefficient (Wildman–Crippen LogP) is 1.63. The second-order valence-electron chi connectivity index (χ2n) is 4.01. The van der Waals surface area contributed by atoms with E-state index in [1.54, 1.807) is 0 Å². The summed E-state index contributed by atoms with van der Waals surface area (Å²) < 4.78 is 2.10. The van der Waals surface area contributed by atoms with Gasteiger partial charge in [0.1, 0.15) is 0 Å². The van der Waals surface area contributed by atoms with E-state index in [0.717, 1.165) is 18.5 Å². The van der Waals surface area contributed by atoms with Gasteiger partial charge in [0, 0.05) is 12.2 Å². The van der Waals surface area contributed by atoms with Gasteiger partial charge in [-0.05, 0) is 38.7 Å². The second kappa shape index (κ2) is 3.50.